The summed E-state index contributed by atoms with van der Waals surface area (Å²) in [6.07, 6.45) is -1.17. The molecule has 0 radical (unpaired) electrons. The maximum absolute atomic E-state index is 14.8. The fourth-order valence-corrected chi connectivity index (χ4v) is 3.32. The van der Waals surface area contributed by atoms with Crippen LogP contribution in [-0.2, 0) is 6.18 Å². The largest absolute Gasteiger partial charge is 0.416 e. The molecule has 3 aromatic carbocycles. The van der Waals surface area contributed by atoms with E-state index in [-0.39, 0.29) is 11.3 Å². The SMILES string of the molecule is CC(=O)c1ccccc1-c1cc2nc(/C=C/c3ccc(C(F)(F)F)cc3)[nH]c2cc1F. The lowest BCUT2D eigenvalue weighted by Gasteiger charge is -2.08. The van der Waals surface area contributed by atoms with Gasteiger partial charge in [0.05, 0.1) is 16.6 Å². The summed E-state index contributed by atoms with van der Waals surface area (Å²) in [6.45, 7) is 1.42. The molecule has 0 unspecified atom stereocenters. The van der Waals surface area contributed by atoms with Gasteiger partial charge in [-0.25, -0.2) is 9.37 Å². The first kappa shape index (κ1) is 20.5. The number of benzene rings is 3. The highest BCUT2D eigenvalue weighted by atomic mass is 19.4. The van der Waals surface area contributed by atoms with E-state index in [1.54, 1.807) is 42.5 Å². The fourth-order valence-electron chi connectivity index (χ4n) is 3.32. The van der Waals surface area contributed by atoms with Crippen LogP contribution in [0.15, 0.2) is 60.7 Å². The molecule has 0 saturated carbocycles. The number of halogens is 4. The van der Waals surface area contributed by atoms with Crippen LogP contribution in [0.25, 0.3) is 34.3 Å². The Bertz CT molecular complexity index is 1300. The molecule has 1 N–H and O–H groups in total. The molecule has 156 valence electrons. The second-order valence-corrected chi connectivity index (χ2v) is 7.03. The van der Waals surface area contributed by atoms with E-state index in [2.05, 4.69) is 9.97 Å². The van der Waals surface area contributed by atoms with E-state index in [0.717, 1.165) is 12.1 Å². The summed E-state index contributed by atoms with van der Waals surface area (Å²) in [7, 11) is 0. The molecular formula is C24H16F4N2O. The maximum Gasteiger partial charge on any atom is 0.416 e. The number of alkyl halides is 3. The van der Waals surface area contributed by atoms with Crippen LogP contribution in [-0.4, -0.2) is 15.8 Å². The second kappa shape index (κ2) is 7.83. The molecule has 1 aromatic heterocycles. The van der Waals surface area contributed by atoms with Crippen LogP contribution in [0, 0.1) is 5.82 Å². The first-order valence-electron chi connectivity index (χ1n) is 9.37. The van der Waals surface area contributed by atoms with Gasteiger partial charge < -0.3 is 4.98 Å². The first-order valence-corrected chi connectivity index (χ1v) is 9.37. The number of aromatic amines is 1. The molecule has 0 aliphatic heterocycles. The second-order valence-electron chi connectivity index (χ2n) is 7.03. The Morgan fingerprint density at radius 1 is 0.968 bits per heavy atom. The number of Topliss-reactive ketones (excluding diaryl/α,β-unsaturated/α-hetero) is 1. The lowest BCUT2D eigenvalue weighted by Crippen LogP contribution is -2.03. The molecule has 0 bridgehead atoms. The highest BCUT2D eigenvalue weighted by Gasteiger charge is 2.29. The highest BCUT2D eigenvalue weighted by molar-refractivity contribution is 6.01. The Labute approximate surface area is 175 Å². The van der Waals surface area contributed by atoms with Gasteiger partial charge in [-0.05, 0) is 42.3 Å². The number of nitrogens with zero attached hydrogens (tertiary/aromatic N) is 1. The number of H-pyrrole nitrogens is 1. The van der Waals surface area contributed by atoms with E-state index >= 15 is 0 Å². The first-order chi connectivity index (χ1) is 14.7. The Hall–Kier alpha value is -3.74. The van der Waals surface area contributed by atoms with E-state index in [1.807, 2.05) is 0 Å². The zero-order chi connectivity index (χ0) is 22.2. The number of carbonyl (C=O) groups excluding carboxylic acids is 1. The molecule has 0 atom stereocenters. The Morgan fingerprint density at radius 2 is 1.68 bits per heavy atom. The molecule has 4 rings (SSSR count). The van der Waals surface area contributed by atoms with Crippen molar-refractivity contribution in [3.8, 4) is 11.1 Å². The number of ketones is 1. The summed E-state index contributed by atoms with van der Waals surface area (Å²) in [5.41, 5.74) is 1.98. The molecule has 3 nitrogen and oxygen atoms in total. The number of hydrogen-bond donors (Lipinski definition) is 1. The Kier molecular flexibility index (Phi) is 5.19. The lowest BCUT2D eigenvalue weighted by atomic mass is 9.97. The summed E-state index contributed by atoms with van der Waals surface area (Å²) in [5.74, 6) is -0.244. The van der Waals surface area contributed by atoms with Crippen LogP contribution in [0.1, 0.15) is 34.2 Å². The summed E-state index contributed by atoms with van der Waals surface area (Å²) < 4.78 is 52.8. The zero-order valence-electron chi connectivity index (χ0n) is 16.3. The number of nitrogens with one attached hydrogen (secondary N) is 1. The summed E-state index contributed by atoms with van der Waals surface area (Å²) in [6, 6.07) is 14.4. The van der Waals surface area contributed by atoms with Gasteiger partial charge in [0.15, 0.2) is 5.78 Å². The van der Waals surface area contributed by atoms with Crippen LogP contribution >= 0.6 is 0 Å². The van der Waals surface area contributed by atoms with E-state index in [1.165, 1.54) is 25.1 Å². The van der Waals surface area contributed by atoms with Crippen molar-refractivity contribution in [1.82, 2.24) is 9.97 Å². The van der Waals surface area contributed by atoms with Gasteiger partial charge in [-0.15, -0.1) is 0 Å². The minimum atomic E-state index is -4.39. The number of imidazole rings is 1. The van der Waals surface area contributed by atoms with Crippen LogP contribution in [0.5, 0.6) is 0 Å². The van der Waals surface area contributed by atoms with E-state index in [0.29, 0.717) is 33.5 Å². The van der Waals surface area contributed by atoms with E-state index < -0.39 is 17.6 Å². The molecule has 0 aliphatic carbocycles. The Morgan fingerprint density at radius 3 is 2.35 bits per heavy atom. The van der Waals surface area contributed by atoms with Gasteiger partial charge in [0.2, 0.25) is 0 Å². The third-order valence-electron chi connectivity index (χ3n) is 4.86. The predicted octanol–water partition coefficient (Wildman–Crippen LogP) is 6.76. The van der Waals surface area contributed by atoms with Gasteiger partial charge in [-0.3, -0.25) is 4.79 Å². The smallest absolute Gasteiger partial charge is 0.338 e. The number of fused-ring (bicyclic) bond motifs is 1. The van der Waals surface area contributed by atoms with Crippen molar-refractivity contribution in [2.75, 3.05) is 0 Å². The van der Waals surface area contributed by atoms with Crippen molar-refractivity contribution in [3.63, 3.8) is 0 Å². The molecule has 0 aliphatic rings. The third kappa shape index (κ3) is 4.26. The van der Waals surface area contributed by atoms with Gasteiger partial charge in [-0.2, -0.15) is 13.2 Å². The Balaban J connectivity index is 1.67. The molecule has 1 heterocycles. The number of aromatic nitrogens is 2. The normalized spacial score (nSPS) is 12.0. The molecule has 0 amide bonds. The topological polar surface area (TPSA) is 45.8 Å². The number of carbonyl (C=O) groups is 1. The zero-order valence-corrected chi connectivity index (χ0v) is 16.3. The van der Waals surface area contributed by atoms with Crippen LogP contribution in [0.2, 0.25) is 0 Å². The van der Waals surface area contributed by atoms with Gasteiger partial charge >= 0.3 is 6.18 Å². The van der Waals surface area contributed by atoms with E-state index in [4.69, 9.17) is 0 Å². The average Bonchev–Trinajstić information content (AvgIpc) is 3.13. The molecule has 31 heavy (non-hydrogen) atoms. The fraction of sp³-hybridized carbons (Fsp3) is 0.0833. The molecule has 0 fully saturated rings. The monoisotopic (exact) mass is 424 g/mol. The van der Waals surface area contributed by atoms with Crippen LogP contribution in [0.4, 0.5) is 17.6 Å². The molecule has 0 saturated heterocycles. The van der Waals surface area contributed by atoms with Crippen molar-refractivity contribution < 1.29 is 22.4 Å². The molecular weight excluding hydrogens is 408 g/mol. The van der Waals surface area contributed by atoms with Gasteiger partial charge in [0.1, 0.15) is 11.6 Å². The average molecular weight is 424 g/mol. The lowest BCUT2D eigenvalue weighted by molar-refractivity contribution is -0.137. The van der Waals surface area contributed by atoms with Crippen molar-refractivity contribution in [2.45, 2.75) is 13.1 Å². The van der Waals surface area contributed by atoms with Gasteiger partial charge in [-0.1, -0.05) is 42.5 Å². The molecule has 0 spiro atoms. The highest BCUT2D eigenvalue weighted by Crippen LogP contribution is 2.31. The quantitative estimate of drug-likeness (QED) is 0.291. The van der Waals surface area contributed by atoms with Crippen LogP contribution in [0.3, 0.4) is 0 Å². The van der Waals surface area contributed by atoms with E-state index in [9.17, 15) is 22.4 Å². The van der Waals surface area contributed by atoms with Gasteiger partial charge in [0, 0.05) is 17.2 Å². The number of hydrogen-bond acceptors (Lipinski definition) is 2. The van der Waals surface area contributed by atoms with Gasteiger partial charge in [0.25, 0.3) is 0 Å². The predicted molar refractivity (Wildman–Crippen MR) is 112 cm³/mol. The van der Waals surface area contributed by atoms with Crippen molar-refractivity contribution in [2.24, 2.45) is 0 Å². The van der Waals surface area contributed by atoms with Crippen molar-refractivity contribution >= 4 is 29.0 Å². The van der Waals surface area contributed by atoms with Crippen molar-refractivity contribution in [3.05, 3.63) is 89.0 Å². The maximum atomic E-state index is 14.8. The van der Waals surface area contributed by atoms with Crippen LogP contribution < -0.4 is 0 Å². The molecule has 4 aromatic rings. The summed E-state index contributed by atoms with van der Waals surface area (Å²) in [5, 5.41) is 0. The minimum absolute atomic E-state index is 0.169. The summed E-state index contributed by atoms with van der Waals surface area (Å²) in [4.78, 5) is 19.3. The standard InChI is InChI=1S/C24H16F4N2O/c1-14(31)17-4-2-3-5-18(17)19-12-21-22(13-20(19)25)30-23(29-21)11-8-15-6-9-16(10-7-15)24(26,27)28/h2-13H,1H3,(H,29,30)/b11-8+. The summed E-state index contributed by atoms with van der Waals surface area (Å²) >= 11 is 0. The molecule has 7 heteroatoms. The van der Waals surface area contributed by atoms with Crippen molar-refractivity contribution in [1.29, 1.82) is 0 Å². The third-order valence-corrected chi connectivity index (χ3v) is 4.86. The minimum Gasteiger partial charge on any atom is -0.338 e. The number of rotatable bonds is 4.